The number of halogens is 1. The number of ether oxygens (including phenoxy) is 2. The van der Waals surface area contributed by atoms with Crippen LogP contribution in [0.4, 0.5) is 5.82 Å². The third-order valence-corrected chi connectivity index (χ3v) is 5.95. The molecule has 1 saturated carbocycles. The number of nitrogens with zero attached hydrogens (tertiary/aromatic N) is 4. The number of aliphatic hydroxyl groups excluding tert-OH is 2. The molecule has 1 fully saturated rings. The first-order chi connectivity index (χ1) is 14.0. The fraction of sp³-hybridized carbons (Fsp3) is 0.600. The number of aliphatic hydroxyl groups is 2. The lowest BCUT2D eigenvalue weighted by atomic mass is 10.1. The van der Waals surface area contributed by atoms with Crippen LogP contribution in [0.15, 0.2) is 6.33 Å². The van der Waals surface area contributed by atoms with E-state index in [1.54, 1.807) is 0 Å². The minimum absolute atomic E-state index is 0.0515. The molecule has 2 aromatic heterocycles. The van der Waals surface area contributed by atoms with Gasteiger partial charge in [-0.25, -0.2) is 9.78 Å². The Morgan fingerprint density at radius 1 is 1.40 bits per heavy atom. The summed E-state index contributed by atoms with van der Waals surface area (Å²) in [4.78, 5) is 42.5. The molecular weight excluding hydrogens is 445 g/mol. The summed E-state index contributed by atoms with van der Waals surface area (Å²) in [6.45, 7) is 0.981. The Labute approximate surface area is 175 Å². The molecule has 5 atom stereocenters. The van der Waals surface area contributed by atoms with E-state index >= 15 is 0 Å². The van der Waals surface area contributed by atoms with Crippen LogP contribution in [0.5, 0.6) is 0 Å². The SMILES string of the molecule is CCOC(=O)C(OCC1CC(n2cnc3c(N)nc(Cl)nc32)C(O)C1O)P(=O)(O)O. The normalized spacial score (nSPS) is 25.5. The first-order valence-corrected chi connectivity index (χ1v) is 11.0. The van der Waals surface area contributed by atoms with Crippen LogP contribution < -0.4 is 5.73 Å². The van der Waals surface area contributed by atoms with Gasteiger partial charge in [-0.15, -0.1) is 0 Å². The number of nitrogen functional groups attached to an aromatic ring is 1. The number of imidazole rings is 1. The molecule has 15 heteroatoms. The van der Waals surface area contributed by atoms with Gasteiger partial charge in [-0.2, -0.15) is 9.97 Å². The Morgan fingerprint density at radius 2 is 2.10 bits per heavy atom. The summed E-state index contributed by atoms with van der Waals surface area (Å²) in [5.41, 5.74) is 6.29. The van der Waals surface area contributed by atoms with Crippen LogP contribution in [-0.4, -0.2) is 76.8 Å². The molecule has 0 bridgehead atoms. The summed E-state index contributed by atoms with van der Waals surface area (Å²) in [6.07, 6.45) is -1.08. The van der Waals surface area contributed by atoms with Gasteiger partial charge in [-0.3, -0.25) is 4.57 Å². The summed E-state index contributed by atoms with van der Waals surface area (Å²) in [7, 11) is -4.96. The molecule has 5 unspecified atom stereocenters. The van der Waals surface area contributed by atoms with Crippen molar-refractivity contribution in [3.05, 3.63) is 11.6 Å². The number of aromatic nitrogens is 4. The minimum Gasteiger partial charge on any atom is -0.464 e. The van der Waals surface area contributed by atoms with Gasteiger partial charge in [0, 0.05) is 5.92 Å². The van der Waals surface area contributed by atoms with Gasteiger partial charge in [0.25, 0.3) is 5.85 Å². The number of esters is 1. The van der Waals surface area contributed by atoms with E-state index in [1.165, 1.54) is 17.8 Å². The van der Waals surface area contributed by atoms with Crippen molar-refractivity contribution in [3.8, 4) is 0 Å². The van der Waals surface area contributed by atoms with Crippen LogP contribution >= 0.6 is 19.2 Å². The van der Waals surface area contributed by atoms with Crippen molar-refractivity contribution in [3.63, 3.8) is 0 Å². The molecule has 1 aliphatic rings. The lowest BCUT2D eigenvalue weighted by molar-refractivity contribution is -0.153. The largest absolute Gasteiger partial charge is 0.464 e. The highest BCUT2D eigenvalue weighted by Crippen LogP contribution is 2.44. The van der Waals surface area contributed by atoms with Gasteiger partial charge in [0.15, 0.2) is 11.5 Å². The fourth-order valence-electron chi connectivity index (χ4n) is 3.42. The maximum absolute atomic E-state index is 11.8. The molecule has 0 aliphatic heterocycles. The Morgan fingerprint density at radius 3 is 2.73 bits per heavy atom. The predicted octanol–water partition coefficient (Wildman–Crippen LogP) is -0.572. The number of carbonyl (C=O) groups excluding carboxylic acids is 1. The molecule has 3 rings (SSSR count). The smallest absolute Gasteiger partial charge is 0.365 e. The summed E-state index contributed by atoms with van der Waals surface area (Å²) in [6, 6.07) is -0.708. The number of anilines is 1. The van der Waals surface area contributed by atoms with Crippen LogP contribution in [0.25, 0.3) is 11.2 Å². The maximum atomic E-state index is 11.8. The molecule has 0 aromatic carbocycles. The quantitative estimate of drug-likeness (QED) is 0.198. The van der Waals surface area contributed by atoms with Gasteiger partial charge in [0.2, 0.25) is 5.28 Å². The average molecular weight is 466 g/mol. The number of rotatable bonds is 7. The zero-order valence-corrected chi connectivity index (χ0v) is 17.3. The second kappa shape index (κ2) is 8.71. The van der Waals surface area contributed by atoms with Gasteiger partial charge in [0.1, 0.15) is 11.6 Å². The standard InChI is InChI=1S/C15H21ClN5O8P/c1-2-28-13(24)14(30(25,26)27)29-4-6-3-7(10(23)9(6)22)21-5-18-8-11(17)19-15(16)20-12(8)21/h5-7,9-10,14,22-23H,2-4H2,1H3,(H2,17,19,20)(H2,25,26,27). The first-order valence-electron chi connectivity index (χ1n) is 8.89. The highest BCUT2D eigenvalue weighted by molar-refractivity contribution is 7.53. The Hall–Kier alpha value is -1.86. The summed E-state index contributed by atoms with van der Waals surface area (Å²) in [5.74, 6) is -4.03. The van der Waals surface area contributed by atoms with Crippen molar-refractivity contribution < 1.29 is 38.8 Å². The zero-order valence-electron chi connectivity index (χ0n) is 15.7. The van der Waals surface area contributed by atoms with Gasteiger partial charge in [0.05, 0.1) is 31.7 Å². The molecular formula is C15H21ClN5O8P. The second-order valence-electron chi connectivity index (χ2n) is 6.77. The highest BCUT2D eigenvalue weighted by Gasteiger charge is 2.45. The van der Waals surface area contributed by atoms with Crippen LogP contribution in [0, 0.1) is 5.92 Å². The van der Waals surface area contributed by atoms with E-state index in [0.29, 0.717) is 0 Å². The molecule has 13 nitrogen and oxygen atoms in total. The molecule has 0 spiro atoms. The molecule has 30 heavy (non-hydrogen) atoms. The van der Waals surface area contributed by atoms with Gasteiger partial charge < -0.3 is 39.8 Å². The van der Waals surface area contributed by atoms with E-state index < -0.39 is 50.2 Å². The monoisotopic (exact) mass is 465 g/mol. The molecule has 166 valence electrons. The van der Waals surface area contributed by atoms with Crippen LogP contribution in [0.3, 0.4) is 0 Å². The fourth-order valence-corrected chi connectivity index (χ4v) is 4.22. The Bertz CT molecular complexity index is 983. The van der Waals surface area contributed by atoms with Crippen molar-refractivity contribution in [1.82, 2.24) is 19.5 Å². The van der Waals surface area contributed by atoms with E-state index in [-0.39, 0.29) is 35.3 Å². The zero-order chi connectivity index (χ0) is 22.2. The highest BCUT2D eigenvalue weighted by atomic mass is 35.5. The van der Waals surface area contributed by atoms with Crippen LogP contribution in [0.1, 0.15) is 19.4 Å². The lowest BCUT2D eigenvalue weighted by Gasteiger charge is -2.21. The Kier molecular flexibility index (Phi) is 6.63. The van der Waals surface area contributed by atoms with Crippen molar-refractivity contribution in [2.24, 2.45) is 5.92 Å². The van der Waals surface area contributed by atoms with Gasteiger partial charge in [-0.1, -0.05) is 0 Å². The van der Waals surface area contributed by atoms with E-state index in [1.807, 2.05) is 0 Å². The van der Waals surface area contributed by atoms with Gasteiger partial charge >= 0.3 is 13.6 Å². The number of nitrogens with two attached hydrogens (primary N) is 1. The lowest BCUT2D eigenvalue weighted by Crippen LogP contribution is -2.33. The molecule has 2 heterocycles. The molecule has 2 aromatic rings. The average Bonchev–Trinajstić information content (AvgIpc) is 3.17. The first kappa shape index (κ1) is 22.8. The molecule has 0 saturated heterocycles. The molecule has 0 amide bonds. The van der Waals surface area contributed by atoms with Crippen molar-refractivity contribution >= 4 is 42.1 Å². The summed E-state index contributed by atoms with van der Waals surface area (Å²) < 4.78 is 22.8. The van der Waals surface area contributed by atoms with E-state index in [0.717, 1.165) is 0 Å². The number of hydrogen-bond donors (Lipinski definition) is 5. The third kappa shape index (κ3) is 4.42. The van der Waals surface area contributed by atoms with E-state index in [2.05, 4.69) is 19.7 Å². The molecule has 1 aliphatic carbocycles. The minimum atomic E-state index is -4.96. The van der Waals surface area contributed by atoms with Crippen LogP contribution in [-0.2, 0) is 18.8 Å². The topological polar surface area (TPSA) is 203 Å². The molecule has 6 N–H and O–H groups in total. The summed E-state index contributed by atoms with van der Waals surface area (Å²) in [5, 5.41) is 20.8. The van der Waals surface area contributed by atoms with Gasteiger partial charge in [-0.05, 0) is 24.9 Å². The van der Waals surface area contributed by atoms with Crippen LogP contribution in [0.2, 0.25) is 5.28 Å². The number of carbonyl (C=O) groups is 1. The van der Waals surface area contributed by atoms with Crippen molar-refractivity contribution in [2.75, 3.05) is 18.9 Å². The summed E-state index contributed by atoms with van der Waals surface area (Å²) >= 11 is 5.84. The number of fused-ring (bicyclic) bond motifs is 1. The predicted molar refractivity (Wildman–Crippen MR) is 102 cm³/mol. The van der Waals surface area contributed by atoms with Crippen molar-refractivity contribution in [2.45, 2.75) is 37.4 Å². The molecule has 0 radical (unpaired) electrons. The number of hydrogen-bond acceptors (Lipinski definition) is 10. The third-order valence-electron chi connectivity index (χ3n) is 4.81. The van der Waals surface area contributed by atoms with E-state index in [4.69, 9.17) is 22.1 Å². The Balaban J connectivity index is 1.79. The van der Waals surface area contributed by atoms with Crippen molar-refractivity contribution in [1.29, 1.82) is 0 Å². The van der Waals surface area contributed by atoms with E-state index in [9.17, 15) is 29.4 Å². The maximum Gasteiger partial charge on any atom is 0.365 e. The second-order valence-corrected chi connectivity index (χ2v) is 8.76.